The molecule has 0 saturated carbocycles. The molecule has 1 aliphatic heterocycles. The van der Waals surface area contributed by atoms with Crippen molar-refractivity contribution in [3.8, 4) is 11.3 Å². The predicted molar refractivity (Wildman–Crippen MR) is 109 cm³/mol. The zero-order chi connectivity index (χ0) is 20.2. The Labute approximate surface area is 170 Å². The third kappa shape index (κ3) is 4.22. The lowest BCUT2D eigenvalue weighted by Gasteiger charge is -2.32. The number of pyridine rings is 1. The number of hydrogen-bond acceptors (Lipinski definition) is 5. The standard InChI is InChI=1S/C23H25N3O3/c1-16(27)22-20(21(25-29-22)19-8-5-11-24-15-19)23(28)26-12-9-18(10-13-26)14-17-6-3-2-4-7-17/h2-8,11,15-16,18,27H,9-10,12-14H2,1H3/t16-/m0/s1. The first-order chi connectivity index (χ1) is 14.1. The number of rotatable bonds is 5. The Hall–Kier alpha value is -2.99. The lowest BCUT2D eigenvalue weighted by atomic mass is 9.90. The van der Waals surface area contributed by atoms with E-state index in [4.69, 9.17) is 4.52 Å². The van der Waals surface area contributed by atoms with Gasteiger partial charge in [0, 0.05) is 31.0 Å². The first kappa shape index (κ1) is 19.3. The van der Waals surface area contributed by atoms with Gasteiger partial charge >= 0.3 is 0 Å². The molecule has 0 bridgehead atoms. The fraction of sp³-hybridized carbons (Fsp3) is 0.348. The Balaban J connectivity index is 1.51. The van der Waals surface area contributed by atoms with Crippen molar-refractivity contribution in [3.05, 3.63) is 71.7 Å². The monoisotopic (exact) mass is 391 g/mol. The smallest absolute Gasteiger partial charge is 0.259 e. The maximum absolute atomic E-state index is 13.3. The number of benzene rings is 1. The molecule has 6 nitrogen and oxygen atoms in total. The Morgan fingerprint density at radius 3 is 2.62 bits per heavy atom. The predicted octanol–water partition coefficient (Wildman–Crippen LogP) is 3.88. The van der Waals surface area contributed by atoms with Crippen molar-refractivity contribution in [2.45, 2.75) is 32.3 Å². The highest BCUT2D eigenvalue weighted by atomic mass is 16.5. The number of hydrogen-bond donors (Lipinski definition) is 1. The van der Waals surface area contributed by atoms with Crippen molar-refractivity contribution < 1.29 is 14.4 Å². The number of aliphatic hydroxyl groups is 1. The summed E-state index contributed by atoms with van der Waals surface area (Å²) in [6, 6.07) is 14.1. The maximum atomic E-state index is 13.3. The topological polar surface area (TPSA) is 79.5 Å². The van der Waals surface area contributed by atoms with Gasteiger partial charge in [-0.2, -0.15) is 0 Å². The molecule has 1 atom stereocenters. The SMILES string of the molecule is C[C@H](O)c1onc(-c2cccnc2)c1C(=O)N1CCC(Cc2ccccc2)CC1. The second-order valence-corrected chi connectivity index (χ2v) is 7.61. The van der Waals surface area contributed by atoms with Crippen molar-refractivity contribution in [2.24, 2.45) is 5.92 Å². The summed E-state index contributed by atoms with van der Waals surface area (Å²) in [5, 5.41) is 14.2. The van der Waals surface area contributed by atoms with Gasteiger partial charge in [-0.05, 0) is 49.8 Å². The van der Waals surface area contributed by atoms with Crippen LogP contribution in [0.15, 0.2) is 59.4 Å². The van der Waals surface area contributed by atoms with Gasteiger partial charge in [-0.25, -0.2) is 0 Å². The van der Waals surface area contributed by atoms with Gasteiger partial charge in [-0.15, -0.1) is 0 Å². The normalized spacial score (nSPS) is 16.0. The summed E-state index contributed by atoms with van der Waals surface area (Å²) in [5.41, 5.74) is 2.82. The molecule has 1 fully saturated rings. The summed E-state index contributed by atoms with van der Waals surface area (Å²) >= 11 is 0. The minimum absolute atomic E-state index is 0.140. The lowest BCUT2D eigenvalue weighted by molar-refractivity contribution is 0.0680. The zero-order valence-corrected chi connectivity index (χ0v) is 16.5. The molecule has 0 radical (unpaired) electrons. The maximum Gasteiger partial charge on any atom is 0.259 e. The number of piperidine rings is 1. The van der Waals surface area contributed by atoms with Crippen LogP contribution in [0.4, 0.5) is 0 Å². The fourth-order valence-corrected chi connectivity index (χ4v) is 3.94. The van der Waals surface area contributed by atoms with E-state index in [0.717, 1.165) is 19.3 Å². The molecular formula is C23H25N3O3. The van der Waals surface area contributed by atoms with Crippen LogP contribution in [0.5, 0.6) is 0 Å². The van der Waals surface area contributed by atoms with Gasteiger partial charge in [-0.3, -0.25) is 9.78 Å². The Bertz CT molecular complexity index is 946. The van der Waals surface area contributed by atoms with E-state index >= 15 is 0 Å². The Morgan fingerprint density at radius 2 is 1.97 bits per heavy atom. The number of carbonyl (C=O) groups is 1. The van der Waals surface area contributed by atoms with E-state index in [9.17, 15) is 9.90 Å². The van der Waals surface area contributed by atoms with Crippen LogP contribution in [0.1, 0.15) is 47.6 Å². The quantitative estimate of drug-likeness (QED) is 0.714. The third-order valence-corrected chi connectivity index (χ3v) is 5.52. The van der Waals surface area contributed by atoms with Crippen molar-refractivity contribution in [1.29, 1.82) is 0 Å². The van der Waals surface area contributed by atoms with Gasteiger partial charge in [0.15, 0.2) is 5.76 Å². The van der Waals surface area contributed by atoms with Gasteiger partial charge in [-0.1, -0.05) is 35.5 Å². The summed E-state index contributed by atoms with van der Waals surface area (Å²) in [4.78, 5) is 19.3. The van der Waals surface area contributed by atoms with Crippen LogP contribution in [0.2, 0.25) is 0 Å². The Morgan fingerprint density at radius 1 is 1.21 bits per heavy atom. The van der Waals surface area contributed by atoms with Crippen LogP contribution in [0.25, 0.3) is 11.3 Å². The number of carbonyl (C=O) groups excluding carboxylic acids is 1. The van der Waals surface area contributed by atoms with E-state index < -0.39 is 6.10 Å². The molecule has 1 aromatic carbocycles. The molecule has 1 aliphatic rings. The van der Waals surface area contributed by atoms with E-state index in [2.05, 4.69) is 34.4 Å². The number of amides is 1. The second kappa shape index (κ2) is 8.57. The van der Waals surface area contributed by atoms with E-state index in [1.165, 1.54) is 5.56 Å². The number of aromatic nitrogens is 2. The molecule has 150 valence electrons. The van der Waals surface area contributed by atoms with Crippen LogP contribution < -0.4 is 0 Å². The first-order valence-electron chi connectivity index (χ1n) is 10.0. The van der Waals surface area contributed by atoms with Gasteiger partial charge in [0.25, 0.3) is 5.91 Å². The highest BCUT2D eigenvalue weighted by Gasteiger charge is 2.32. The fourth-order valence-electron chi connectivity index (χ4n) is 3.94. The molecule has 0 aliphatic carbocycles. The molecule has 1 amide bonds. The summed E-state index contributed by atoms with van der Waals surface area (Å²) < 4.78 is 5.35. The van der Waals surface area contributed by atoms with Crippen molar-refractivity contribution in [2.75, 3.05) is 13.1 Å². The van der Waals surface area contributed by atoms with Crippen molar-refractivity contribution in [1.82, 2.24) is 15.0 Å². The summed E-state index contributed by atoms with van der Waals surface area (Å²) in [5.74, 6) is 0.636. The highest BCUT2D eigenvalue weighted by molar-refractivity contribution is 6.01. The summed E-state index contributed by atoms with van der Waals surface area (Å²) in [6.07, 6.45) is 5.35. The van der Waals surface area contributed by atoms with Crippen LogP contribution in [-0.4, -0.2) is 39.1 Å². The van der Waals surface area contributed by atoms with E-state index in [1.807, 2.05) is 17.0 Å². The zero-order valence-electron chi connectivity index (χ0n) is 16.5. The summed E-state index contributed by atoms with van der Waals surface area (Å²) in [6.45, 7) is 2.96. The first-order valence-corrected chi connectivity index (χ1v) is 10.0. The van der Waals surface area contributed by atoms with Gasteiger partial charge in [0.05, 0.1) is 0 Å². The minimum Gasteiger partial charge on any atom is -0.385 e. The van der Waals surface area contributed by atoms with E-state index in [1.54, 1.807) is 25.4 Å². The van der Waals surface area contributed by atoms with Crippen LogP contribution >= 0.6 is 0 Å². The molecular weight excluding hydrogens is 366 g/mol. The highest BCUT2D eigenvalue weighted by Crippen LogP contribution is 2.31. The molecule has 4 rings (SSSR count). The molecule has 0 unspecified atom stereocenters. The number of aliphatic hydroxyl groups excluding tert-OH is 1. The molecule has 1 saturated heterocycles. The third-order valence-electron chi connectivity index (χ3n) is 5.52. The molecule has 3 heterocycles. The van der Waals surface area contributed by atoms with E-state index in [-0.39, 0.29) is 11.7 Å². The van der Waals surface area contributed by atoms with Gasteiger partial charge in [0.1, 0.15) is 17.4 Å². The van der Waals surface area contributed by atoms with Crippen LogP contribution in [-0.2, 0) is 6.42 Å². The largest absolute Gasteiger partial charge is 0.385 e. The van der Waals surface area contributed by atoms with Crippen LogP contribution in [0.3, 0.4) is 0 Å². The molecule has 3 aromatic rings. The molecule has 0 spiro atoms. The minimum atomic E-state index is -0.914. The van der Waals surface area contributed by atoms with Crippen molar-refractivity contribution in [3.63, 3.8) is 0 Å². The van der Waals surface area contributed by atoms with Gasteiger partial charge < -0.3 is 14.5 Å². The number of likely N-dealkylation sites (tertiary alicyclic amines) is 1. The lowest BCUT2D eigenvalue weighted by Crippen LogP contribution is -2.39. The molecule has 1 N–H and O–H groups in total. The van der Waals surface area contributed by atoms with Gasteiger partial charge in [0.2, 0.25) is 0 Å². The van der Waals surface area contributed by atoms with E-state index in [0.29, 0.717) is 35.8 Å². The average Bonchev–Trinajstić information content (AvgIpc) is 3.21. The average molecular weight is 391 g/mol. The molecule has 29 heavy (non-hydrogen) atoms. The second-order valence-electron chi connectivity index (χ2n) is 7.61. The van der Waals surface area contributed by atoms with Crippen molar-refractivity contribution >= 4 is 5.91 Å². The molecule has 2 aromatic heterocycles. The Kier molecular flexibility index (Phi) is 5.71. The molecule has 6 heteroatoms. The number of nitrogens with zero attached hydrogens (tertiary/aromatic N) is 3. The van der Waals surface area contributed by atoms with Crippen LogP contribution in [0, 0.1) is 5.92 Å². The summed E-state index contributed by atoms with van der Waals surface area (Å²) in [7, 11) is 0.